The zero-order chi connectivity index (χ0) is 14.7. The molecular formula is C17H19N3O. The van der Waals surface area contributed by atoms with E-state index in [0.29, 0.717) is 5.56 Å². The van der Waals surface area contributed by atoms with Gasteiger partial charge in [-0.05, 0) is 36.8 Å². The average Bonchev–Trinajstić information content (AvgIpc) is 2.55. The van der Waals surface area contributed by atoms with Gasteiger partial charge in [0.2, 0.25) is 0 Å². The summed E-state index contributed by atoms with van der Waals surface area (Å²) in [5.74, 6) is 0.802. The van der Waals surface area contributed by atoms with Gasteiger partial charge in [-0.25, -0.2) is 4.98 Å². The third kappa shape index (κ3) is 2.89. The minimum absolute atomic E-state index is 0.668. The standard InChI is InChI=1S/C17H19N3O/c1-14-4-2-6-16(12-14)19-8-10-20(11-9-19)17-15(13-21)5-3-7-18-17/h2-7,12-13H,8-11H2,1H3. The molecule has 1 aliphatic heterocycles. The number of nitrogens with zero attached hydrogens (tertiary/aromatic N) is 3. The van der Waals surface area contributed by atoms with Gasteiger partial charge < -0.3 is 9.80 Å². The molecule has 4 nitrogen and oxygen atoms in total. The Morgan fingerprint density at radius 3 is 2.52 bits per heavy atom. The molecule has 0 atom stereocenters. The van der Waals surface area contributed by atoms with Crippen molar-refractivity contribution in [3.05, 3.63) is 53.7 Å². The van der Waals surface area contributed by atoms with Gasteiger partial charge in [0.1, 0.15) is 5.82 Å². The van der Waals surface area contributed by atoms with Crippen molar-refractivity contribution < 1.29 is 4.79 Å². The summed E-state index contributed by atoms with van der Waals surface area (Å²) in [7, 11) is 0. The van der Waals surface area contributed by atoms with Crippen molar-refractivity contribution in [1.82, 2.24) is 4.98 Å². The molecule has 1 fully saturated rings. The molecule has 1 aliphatic rings. The molecule has 0 spiro atoms. The van der Waals surface area contributed by atoms with Crippen LogP contribution in [0, 0.1) is 6.92 Å². The Kier molecular flexibility index (Phi) is 3.86. The van der Waals surface area contributed by atoms with Crippen LogP contribution < -0.4 is 9.80 Å². The van der Waals surface area contributed by atoms with Gasteiger partial charge in [0, 0.05) is 38.1 Å². The summed E-state index contributed by atoms with van der Waals surface area (Å²) in [6.45, 7) is 5.76. The van der Waals surface area contributed by atoms with Gasteiger partial charge in [-0.15, -0.1) is 0 Å². The van der Waals surface area contributed by atoms with Crippen molar-refractivity contribution in [2.24, 2.45) is 0 Å². The molecule has 2 aromatic rings. The Morgan fingerprint density at radius 1 is 1.05 bits per heavy atom. The van der Waals surface area contributed by atoms with Crippen LogP contribution in [0.25, 0.3) is 0 Å². The van der Waals surface area contributed by atoms with E-state index in [4.69, 9.17) is 0 Å². The number of rotatable bonds is 3. The molecule has 0 amide bonds. The lowest BCUT2D eigenvalue weighted by Gasteiger charge is -2.37. The maximum Gasteiger partial charge on any atom is 0.153 e. The van der Waals surface area contributed by atoms with Crippen molar-refractivity contribution >= 4 is 17.8 Å². The van der Waals surface area contributed by atoms with E-state index < -0.39 is 0 Å². The summed E-state index contributed by atoms with van der Waals surface area (Å²) in [6, 6.07) is 12.2. The van der Waals surface area contributed by atoms with E-state index in [2.05, 4.69) is 46.0 Å². The Balaban J connectivity index is 1.72. The number of hydrogen-bond acceptors (Lipinski definition) is 4. The van der Waals surface area contributed by atoms with Gasteiger partial charge in [0.05, 0.1) is 5.56 Å². The molecule has 0 saturated carbocycles. The van der Waals surface area contributed by atoms with Crippen LogP contribution >= 0.6 is 0 Å². The predicted octanol–water partition coefficient (Wildman–Crippen LogP) is 2.53. The quantitative estimate of drug-likeness (QED) is 0.810. The third-order valence-electron chi connectivity index (χ3n) is 3.89. The smallest absolute Gasteiger partial charge is 0.153 e. The first-order valence-corrected chi connectivity index (χ1v) is 7.25. The molecule has 1 aromatic heterocycles. The average molecular weight is 281 g/mol. The second-order valence-corrected chi connectivity index (χ2v) is 5.35. The van der Waals surface area contributed by atoms with Crippen molar-refractivity contribution in [2.45, 2.75) is 6.92 Å². The molecule has 0 N–H and O–H groups in total. The summed E-state index contributed by atoms with van der Waals surface area (Å²) in [5, 5.41) is 0. The highest BCUT2D eigenvalue weighted by atomic mass is 16.1. The monoisotopic (exact) mass is 281 g/mol. The number of aryl methyl sites for hydroxylation is 1. The van der Waals surface area contributed by atoms with Crippen LogP contribution in [0.4, 0.5) is 11.5 Å². The van der Waals surface area contributed by atoms with E-state index in [1.807, 2.05) is 6.07 Å². The molecule has 0 radical (unpaired) electrons. The van der Waals surface area contributed by atoms with Crippen LogP contribution in [-0.4, -0.2) is 37.4 Å². The normalized spacial score (nSPS) is 15.1. The fourth-order valence-corrected chi connectivity index (χ4v) is 2.77. The van der Waals surface area contributed by atoms with Gasteiger partial charge >= 0.3 is 0 Å². The van der Waals surface area contributed by atoms with Gasteiger partial charge in [-0.1, -0.05) is 12.1 Å². The van der Waals surface area contributed by atoms with Gasteiger partial charge in [0.25, 0.3) is 0 Å². The Morgan fingerprint density at radius 2 is 1.81 bits per heavy atom. The molecule has 1 aromatic carbocycles. The number of aldehydes is 1. The topological polar surface area (TPSA) is 36.4 Å². The summed E-state index contributed by atoms with van der Waals surface area (Å²) in [5.41, 5.74) is 3.22. The molecular weight excluding hydrogens is 262 g/mol. The largest absolute Gasteiger partial charge is 0.368 e. The fourth-order valence-electron chi connectivity index (χ4n) is 2.77. The lowest BCUT2D eigenvalue weighted by molar-refractivity contribution is 0.112. The number of pyridine rings is 1. The highest BCUT2D eigenvalue weighted by molar-refractivity contribution is 5.82. The molecule has 0 unspecified atom stereocenters. The first-order valence-electron chi connectivity index (χ1n) is 7.25. The second-order valence-electron chi connectivity index (χ2n) is 5.35. The van der Waals surface area contributed by atoms with E-state index in [9.17, 15) is 4.79 Å². The van der Waals surface area contributed by atoms with E-state index in [-0.39, 0.29) is 0 Å². The number of carbonyl (C=O) groups excluding carboxylic acids is 1. The van der Waals surface area contributed by atoms with Gasteiger partial charge in [0.15, 0.2) is 6.29 Å². The molecule has 3 rings (SSSR count). The number of aromatic nitrogens is 1. The van der Waals surface area contributed by atoms with Gasteiger partial charge in [-0.2, -0.15) is 0 Å². The minimum Gasteiger partial charge on any atom is -0.368 e. The van der Waals surface area contributed by atoms with Crippen LogP contribution in [0.15, 0.2) is 42.6 Å². The Bertz CT molecular complexity index is 633. The summed E-state index contributed by atoms with van der Waals surface area (Å²) in [6.07, 6.45) is 2.63. The molecule has 4 heteroatoms. The van der Waals surface area contributed by atoms with Crippen molar-refractivity contribution in [1.29, 1.82) is 0 Å². The molecule has 0 bridgehead atoms. The molecule has 1 saturated heterocycles. The van der Waals surface area contributed by atoms with E-state index in [0.717, 1.165) is 38.3 Å². The fraction of sp³-hybridized carbons (Fsp3) is 0.294. The first-order chi connectivity index (χ1) is 10.3. The van der Waals surface area contributed by atoms with Crippen molar-refractivity contribution in [3.63, 3.8) is 0 Å². The van der Waals surface area contributed by atoms with E-state index in [1.54, 1.807) is 12.3 Å². The highest BCUT2D eigenvalue weighted by Gasteiger charge is 2.20. The number of benzene rings is 1. The highest BCUT2D eigenvalue weighted by Crippen LogP contribution is 2.21. The van der Waals surface area contributed by atoms with E-state index >= 15 is 0 Å². The number of hydrogen-bond donors (Lipinski definition) is 0. The van der Waals surface area contributed by atoms with Crippen LogP contribution in [0.3, 0.4) is 0 Å². The van der Waals surface area contributed by atoms with Crippen LogP contribution in [0.2, 0.25) is 0 Å². The maximum atomic E-state index is 11.1. The number of anilines is 2. The summed E-state index contributed by atoms with van der Waals surface area (Å²) >= 11 is 0. The Labute approximate surface area is 125 Å². The summed E-state index contributed by atoms with van der Waals surface area (Å²) in [4.78, 5) is 20.0. The van der Waals surface area contributed by atoms with Crippen LogP contribution in [0.1, 0.15) is 15.9 Å². The second kappa shape index (κ2) is 5.95. The van der Waals surface area contributed by atoms with Crippen LogP contribution in [0.5, 0.6) is 0 Å². The number of carbonyl (C=O) groups is 1. The molecule has 21 heavy (non-hydrogen) atoms. The SMILES string of the molecule is Cc1cccc(N2CCN(c3ncccc3C=O)CC2)c1. The minimum atomic E-state index is 0.668. The van der Waals surface area contributed by atoms with Crippen molar-refractivity contribution in [3.8, 4) is 0 Å². The number of piperazine rings is 1. The lowest BCUT2D eigenvalue weighted by atomic mass is 10.2. The summed E-state index contributed by atoms with van der Waals surface area (Å²) < 4.78 is 0. The van der Waals surface area contributed by atoms with E-state index in [1.165, 1.54) is 11.3 Å². The zero-order valence-electron chi connectivity index (χ0n) is 12.2. The maximum absolute atomic E-state index is 11.1. The van der Waals surface area contributed by atoms with Gasteiger partial charge in [-0.3, -0.25) is 4.79 Å². The lowest BCUT2D eigenvalue weighted by Crippen LogP contribution is -2.47. The van der Waals surface area contributed by atoms with Crippen molar-refractivity contribution in [2.75, 3.05) is 36.0 Å². The molecule has 0 aliphatic carbocycles. The third-order valence-corrected chi connectivity index (χ3v) is 3.89. The molecule has 2 heterocycles. The zero-order valence-corrected chi connectivity index (χ0v) is 12.2. The van der Waals surface area contributed by atoms with Crippen LogP contribution in [-0.2, 0) is 0 Å². The Hall–Kier alpha value is -2.36. The first kappa shape index (κ1) is 13.6. The molecule has 108 valence electrons. The predicted molar refractivity (Wildman–Crippen MR) is 85.2 cm³/mol.